The van der Waals surface area contributed by atoms with Gasteiger partial charge < -0.3 is 0 Å². The summed E-state index contributed by atoms with van der Waals surface area (Å²) >= 11 is 22.7. The average molecular weight is 451 g/mol. The number of imide groups is 1. The number of carbonyl (C=O) groups excluding carboxylic acids is 2. The fourth-order valence-corrected chi connectivity index (χ4v) is 2.38. The van der Waals surface area contributed by atoms with Crippen molar-refractivity contribution in [3.63, 3.8) is 0 Å². The second-order valence-electron chi connectivity index (χ2n) is 5.05. The molecule has 1 aromatic rings. The maximum atomic E-state index is 13.0. The molecule has 0 radical (unpaired) electrons. The van der Waals surface area contributed by atoms with Crippen LogP contribution in [0.25, 0.3) is 0 Å². The SMILES string of the molecule is CCN1C(=O)C(=NC(Cl)C(Cl)(Cl)Cl)N(c2cccc(C(F)(F)F)c2)C1=O. The van der Waals surface area contributed by atoms with Crippen molar-refractivity contribution in [1.29, 1.82) is 0 Å². The van der Waals surface area contributed by atoms with Crippen molar-refractivity contribution < 1.29 is 22.8 Å². The number of amides is 3. The first-order valence-electron chi connectivity index (χ1n) is 6.99. The first-order valence-corrected chi connectivity index (χ1v) is 8.56. The van der Waals surface area contributed by atoms with E-state index in [9.17, 15) is 22.8 Å². The molecule has 1 atom stereocenters. The third-order valence-corrected chi connectivity index (χ3v) is 4.70. The summed E-state index contributed by atoms with van der Waals surface area (Å²) in [5.41, 5.74) is -2.78. The molecule has 142 valence electrons. The molecule has 0 spiro atoms. The van der Waals surface area contributed by atoms with Gasteiger partial charge in [0.15, 0.2) is 5.50 Å². The van der Waals surface area contributed by atoms with Crippen LogP contribution < -0.4 is 4.90 Å². The van der Waals surface area contributed by atoms with Crippen LogP contribution in [0.5, 0.6) is 0 Å². The second kappa shape index (κ2) is 7.42. The van der Waals surface area contributed by atoms with Gasteiger partial charge in [0.1, 0.15) is 0 Å². The Morgan fingerprint density at radius 3 is 2.31 bits per heavy atom. The number of likely N-dealkylation sites (N-methyl/N-ethyl adjacent to an activating group) is 1. The molecule has 1 saturated heterocycles. The molecule has 1 aromatic carbocycles. The van der Waals surface area contributed by atoms with E-state index in [1.54, 1.807) is 0 Å². The fraction of sp³-hybridized carbons (Fsp3) is 0.357. The second-order valence-corrected chi connectivity index (χ2v) is 7.83. The highest BCUT2D eigenvalue weighted by Crippen LogP contribution is 2.36. The van der Waals surface area contributed by atoms with E-state index in [1.165, 1.54) is 13.0 Å². The molecule has 0 N–H and O–H groups in total. The molecule has 5 nitrogen and oxygen atoms in total. The first-order chi connectivity index (χ1) is 11.9. The van der Waals surface area contributed by atoms with Gasteiger partial charge in [0, 0.05) is 6.54 Å². The molecule has 0 aromatic heterocycles. The summed E-state index contributed by atoms with van der Waals surface area (Å²) in [5.74, 6) is -1.41. The van der Waals surface area contributed by atoms with Crippen LogP contribution in [0.2, 0.25) is 0 Å². The van der Waals surface area contributed by atoms with E-state index in [0.717, 1.165) is 17.0 Å². The first kappa shape index (κ1) is 21.1. The number of halogens is 7. The molecule has 0 bridgehead atoms. The number of hydrogen-bond acceptors (Lipinski definition) is 3. The van der Waals surface area contributed by atoms with Crippen molar-refractivity contribution in [1.82, 2.24) is 4.90 Å². The van der Waals surface area contributed by atoms with Gasteiger partial charge >= 0.3 is 12.2 Å². The van der Waals surface area contributed by atoms with Gasteiger partial charge in [-0.2, -0.15) is 13.2 Å². The Morgan fingerprint density at radius 1 is 1.19 bits per heavy atom. The van der Waals surface area contributed by atoms with E-state index in [4.69, 9.17) is 46.4 Å². The van der Waals surface area contributed by atoms with Crippen LogP contribution in [0.3, 0.4) is 0 Å². The Hall–Kier alpha value is -1.22. The highest BCUT2D eigenvalue weighted by molar-refractivity contribution is 6.70. The van der Waals surface area contributed by atoms with Crippen LogP contribution in [-0.2, 0) is 11.0 Å². The van der Waals surface area contributed by atoms with Gasteiger partial charge in [0.2, 0.25) is 9.63 Å². The minimum absolute atomic E-state index is 0.0349. The molecule has 12 heteroatoms. The number of nitrogens with zero attached hydrogens (tertiary/aromatic N) is 3. The minimum atomic E-state index is -4.64. The molecule has 0 aliphatic carbocycles. The van der Waals surface area contributed by atoms with Gasteiger partial charge in [-0.3, -0.25) is 9.69 Å². The molecular weight excluding hydrogens is 441 g/mol. The maximum absolute atomic E-state index is 13.0. The summed E-state index contributed by atoms with van der Waals surface area (Å²) in [6, 6.07) is 2.96. The molecule has 26 heavy (non-hydrogen) atoms. The van der Waals surface area contributed by atoms with E-state index in [0.29, 0.717) is 11.0 Å². The third kappa shape index (κ3) is 4.19. The molecule has 0 saturated carbocycles. The number of urea groups is 1. The molecule has 1 aliphatic rings. The molecule has 1 aliphatic heterocycles. The summed E-state index contributed by atoms with van der Waals surface area (Å²) in [7, 11) is 0. The van der Waals surface area contributed by atoms with Gasteiger partial charge in [-0.15, -0.1) is 0 Å². The molecular formula is C14H10Cl4F3N3O2. The van der Waals surface area contributed by atoms with Crippen molar-refractivity contribution in [2.24, 2.45) is 4.99 Å². The molecule has 1 unspecified atom stereocenters. The van der Waals surface area contributed by atoms with E-state index in [2.05, 4.69) is 4.99 Å². The van der Waals surface area contributed by atoms with Gasteiger partial charge in [-0.1, -0.05) is 52.5 Å². The Labute approximate surface area is 166 Å². The molecule has 3 amide bonds. The fourth-order valence-electron chi connectivity index (χ4n) is 2.14. The summed E-state index contributed by atoms with van der Waals surface area (Å²) in [5, 5.41) is 0. The minimum Gasteiger partial charge on any atom is -0.265 e. The third-order valence-electron chi connectivity index (χ3n) is 3.32. The van der Waals surface area contributed by atoms with Gasteiger partial charge in [-0.25, -0.2) is 14.7 Å². The topological polar surface area (TPSA) is 53.0 Å². The number of alkyl halides is 7. The quantitative estimate of drug-likeness (QED) is 0.376. The van der Waals surface area contributed by atoms with Gasteiger partial charge in [0.05, 0.1) is 11.3 Å². The van der Waals surface area contributed by atoms with Crippen molar-refractivity contribution in [3.05, 3.63) is 29.8 Å². The van der Waals surface area contributed by atoms with E-state index in [1.807, 2.05) is 0 Å². The predicted molar refractivity (Wildman–Crippen MR) is 94.1 cm³/mol. The normalized spacial score (nSPS) is 18.8. The van der Waals surface area contributed by atoms with Crippen LogP contribution in [0.4, 0.5) is 23.7 Å². The van der Waals surface area contributed by atoms with Crippen molar-refractivity contribution in [3.8, 4) is 0 Å². The highest BCUT2D eigenvalue weighted by atomic mass is 35.6. The number of carbonyl (C=O) groups is 2. The van der Waals surface area contributed by atoms with Crippen molar-refractivity contribution in [2.45, 2.75) is 22.4 Å². The molecule has 1 heterocycles. The maximum Gasteiger partial charge on any atom is 0.416 e. The Morgan fingerprint density at radius 2 is 1.81 bits per heavy atom. The monoisotopic (exact) mass is 449 g/mol. The number of aliphatic imine (C=N–C) groups is 1. The van der Waals surface area contributed by atoms with Crippen LogP contribution in [0, 0.1) is 0 Å². The van der Waals surface area contributed by atoms with Crippen molar-refractivity contribution >= 4 is 69.9 Å². The van der Waals surface area contributed by atoms with Crippen LogP contribution in [0.1, 0.15) is 12.5 Å². The summed E-state index contributed by atoms with van der Waals surface area (Å²) < 4.78 is 36.8. The number of amidine groups is 1. The lowest BCUT2D eigenvalue weighted by atomic mass is 10.2. The number of hydrogen-bond donors (Lipinski definition) is 0. The number of rotatable bonds is 3. The van der Waals surface area contributed by atoms with Crippen LogP contribution >= 0.6 is 46.4 Å². The predicted octanol–water partition coefficient (Wildman–Crippen LogP) is 4.83. The average Bonchev–Trinajstić information content (AvgIpc) is 2.76. The zero-order chi connectivity index (χ0) is 19.9. The summed E-state index contributed by atoms with van der Waals surface area (Å²) in [6.45, 7) is 1.48. The van der Waals surface area contributed by atoms with Crippen LogP contribution in [0.15, 0.2) is 29.3 Å². The zero-order valence-electron chi connectivity index (χ0n) is 12.9. The van der Waals surface area contributed by atoms with Gasteiger partial charge in [-0.05, 0) is 25.1 Å². The lowest BCUT2D eigenvalue weighted by Crippen LogP contribution is -2.34. The van der Waals surface area contributed by atoms with E-state index >= 15 is 0 Å². The number of benzene rings is 1. The number of anilines is 1. The van der Waals surface area contributed by atoms with Gasteiger partial charge in [0.25, 0.3) is 5.91 Å². The van der Waals surface area contributed by atoms with E-state index in [-0.39, 0.29) is 12.2 Å². The lowest BCUT2D eigenvalue weighted by molar-refractivity contribution is -0.137. The Kier molecular flexibility index (Phi) is 6.02. The van der Waals surface area contributed by atoms with Crippen molar-refractivity contribution in [2.75, 3.05) is 11.4 Å². The molecule has 2 rings (SSSR count). The van der Waals surface area contributed by atoms with E-state index < -0.39 is 38.8 Å². The molecule has 1 fully saturated rings. The largest absolute Gasteiger partial charge is 0.416 e. The zero-order valence-corrected chi connectivity index (χ0v) is 15.9. The summed E-state index contributed by atoms with van der Waals surface area (Å²) in [4.78, 5) is 30.1. The Bertz CT molecular complexity index is 765. The lowest BCUT2D eigenvalue weighted by Gasteiger charge is -2.19. The van der Waals surface area contributed by atoms with Crippen LogP contribution in [-0.4, -0.2) is 38.5 Å². The highest BCUT2D eigenvalue weighted by Gasteiger charge is 2.45. The standard InChI is InChI=1S/C14H10Cl4F3N3O2/c1-2-23-10(25)9(22-11(15)13(16,17)18)24(12(23)26)8-5-3-4-7(6-8)14(19,20)21/h3-6,11H,2H2,1H3. The summed E-state index contributed by atoms with van der Waals surface area (Å²) in [6.07, 6.45) is -4.64. The smallest absolute Gasteiger partial charge is 0.265 e. The Balaban J connectivity index is 2.58.